The van der Waals surface area contributed by atoms with Crippen molar-refractivity contribution in [2.45, 2.75) is 46.0 Å². The van der Waals surface area contributed by atoms with Crippen LogP contribution in [0.5, 0.6) is 0 Å². The number of carbonyl (C=O) groups excluding carboxylic acids is 3. The summed E-state index contributed by atoms with van der Waals surface area (Å²) in [5.74, 6) is 5.73. The van der Waals surface area contributed by atoms with E-state index < -0.39 is 5.97 Å². The number of ether oxygens (including phenoxy) is 2. The van der Waals surface area contributed by atoms with Gasteiger partial charge in [-0.15, -0.1) is 11.3 Å². The average Bonchev–Trinajstić information content (AvgIpc) is 3.25. The fourth-order valence-corrected chi connectivity index (χ4v) is 5.07. The molecule has 0 atom stereocenters. The van der Waals surface area contributed by atoms with Gasteiger partial charge in [-0.2, -0.15) is 0 Å². The maximum atomic E-state index is 13.7. The first-order valence-electron chi connectivity index (χ1n) is 11.3. The molecular formula is C24H32N2O5S. The lowest BCUT2D eigenvalue weighted by atomic mass is 9.82. The summed E-state index contributed by atoms with van der Waals surface area (Å²) in [6, 6.07) is 1.75. The predicted molar refractivity (Wildman–Crippen MR) is 124 cm³/mol. The number of esters is 1. The molecule has 1 aliphatic carbocycles. The van der Waals surface area contributed by atoms with E-state index in [4.69, 9.17) is 9.47 Å². The average molecular weight is 461 g/mol. The highest BCUT2D eigenvalue weighted by molar-refractivity contribution is 7.15. The van der Waals surface area contributed by atoms with Crippen LogP contribution in [0, 0.1) is 23.7 Å². The molecule has 0 unspecified atom stereocenters. The Morgan fingerprint density at radius 1 is 1.22 bits per heavy atom. The molecule has 32 heavy (non-hydrogen) atoms. The Morgan fingerprint density at radius 3 is 2.53 bits per heavy atom. The van der Waals surface area contributed by atoms with Gasteiger partial charge in [-0.05, 0) is 37.7 Å². The third-order valence-electron chi connectivity index (χ3n) is 6.05. The van der Waals surface area contributed by atoms with Crippen molar-refractivity contribution in [3.8, 4) is 11.8 Å². The van der Waals surface area contributed by atoms with Crippen molar-refractivity contribution in [2.75, 3.05) is 44.9 Å². The number of carbonyl (C=O) groups is 3. The molecule has 1 aromatic rings. The molecule has 7 nitrogen and oxygen atoms in total. The van der Waals surface area contributed by atoms with Crippen LogP contribution in [0.2, 0.25) is 0 Å². The van der Waals surface area contributed by atoms with Gasteiger partial charge in [-0.3, -0.25) is 9.59 Å². The summed E-state index contributed by atoms with van der Waals surface area (Å²) in [6.07, 6.45) is 4.24. The molecule has 174 valence electrons. The lowest BCUT2D eigenvalue weighted by Gasteiger charge is -2.33. The van der Waals surface area contributed by atoms with Gasteiger partial charge >= 0.3 is 5.97 Å². The molecule has 2 aliphatic rings. The van der Waals surface area contributed by atoms with Crippen LogP contribution in [0.25, 0.3) is 0 Å². The van der Waals surface area contributed by atoms with E-state index in [0.717, 1.165) is 25.7 Å². The molecule has 0 radical (unpaired) electrons. The second-order valence-corrected chi connectivity index (χ2v) is 9.40. The summed E-state index contributed by atoms with van der Waals surface area (Å²) in [5, 5.41) is 0. The summed E-state index contributed by atoms with van der Waals surface area (Å²) in [7, 11) is 1.32. The van der Waals surface area contributed by atoms with Crippen LogP contribution in [0.3, 0.4) is 0 Å². The third kappa shape index (κ3) is 5.90. The highest BCUT2D eigenvalue weighted by Crippen LogP contribution is 2.35. The molecule has 2 heterocycles. The van der Waals surface area contributed by atoms with Crippen molar-refractivity contribution in [1.82, 2.24) is 4.90 Å². The number of methoxy groups -OCH3 is 1. The van der Waals surface area contributed by atoms with E-state index in [1.165, 1.54) is 23.3 Å². The minimum atomic E-state index is -0.525. The Balaban J connectivity index is 1.95. The summed E-state index contributed by atoms with van der Waals surface area (Å²) in [4.78, 5) is 43.5. The second kappa shape index (κ2) is 11.5. The first-order valence-corrected chi connectivity index (χ1v) is 12.1. The van der Waals surface area contributed by atoms with E-state index in [9.17, 15) is 14.4 Å². The lowest BCUT2D eigenvalue weighted by molar-refractivity contribution is -0.135. The van der Waals surface area contributed by atoms with Crippen molar-refractivity contribution in [1.29, 1.82) is 0 Å². The Labute approximate surface area is 194 Å². The zero-order valence-electron chi connectivity index (χ0n) is 19.1. The summed E-state index contributed by atoms with van der Waals surface area (Å²) >= 11 is 1.20. The summed E-state index contributed by atoms with van der Waals surface area (Å²) in [5.41, 5.74) is 0.424. The fraction of sp³-hybridized carbons (Fsp3) is 0.625. The Kier molecular flexibility index (Phi) is 8.71. The van der Waals surface area contributed by atoms with Gasteiger partial charge in [0.15, 0.2) is 0 Å². The van der Waals surface area contributed by atoms with E-state index in [0.29, 0.717) is 54.1 Å². The number of thiophene rings is 1. The van der Waals surface area contributed by atoms with Gasteiger partial charge in [-0.1, -0.05) is 25.7 Å². The molecule has 1 saturated carbocycles. The largest absolute Gasteiger partial charge is 0.465 e. The molecule has 8 heteroatoms. The molecule has 0 spiro atoms. The number of hydrogen-bond donors (Lipinski definition) is 0. The van der Waals surface area contributed by atoms with Gasteiger partial charge in [0.25, 0.3) is 0 Å². The highest BCUT2D eigenvalue weighted by Gasteiger charge is 2.34. The van der Waals surface area contributed by atoms with Gasteiger partial charge in [0.05, 0.1) is 30.9 Å². The molecule has 1 saturated heterocycles. The zero-order chi connectivity index (χ0) is 23.1. The predicted octanol–water partition coefficient (Wildman–Crippen LogP) is 3.31. The maximum absolute atomic E-state index is 13.7. The number of morpholine rings is 1. The van der Waals surface area contributed by atoms with E-state index >= 15 is 0 Å². The van der Waals surface area contributed by atoms with Crippen molar-refractivity contribution in [2.24, 2.45) is 11.8 Å². The number of nitrogens with zero attached hydrogens (tertiary/aromatic N) is 2. The van der Waals surface area contributed by atoms with Gasteiger partial charge < -0.3 is 19.3 Å². The summed E-state index contributed by atoms with van der Waals surface area (Å²) in [6.45, 7) is 6.03. The topological polar surface area (TPSA) is 76.2 Å². The molecule has 1 aromatic heterocycles. The SMILES string of the molecule is CCC#Cc1cc(N(CC(=O)N2CCOCC2)C(=O)C2CCC(C)CC2)c(C(=O)OC)s1. The quantitative estimate of drug-likeness (QED) is 0.498. The van der Waals surface area contributed by atoms with Gasteiger partial charge in [-0.25, -0.2) is 4.79 Å². The standard InChI is InChI=1S/C24H32N2O5S/c1-4-5-6-19-15-20(22(32-19)24(29)30-3)26(16-21(27)25-11-13-31-14-12-25)23(28)18-9-7-17(2)8-10-18/h15,17-18H,4,7-14,16H2,1-3H3. The van der Waals surface area contributed by atoms with Crippen LogP contribution >= 0.6 is 11.3 Å². The number of anilines is 1. The van der Waals surface area contributed by atoms with Gasteiger partial charge in [0.1, 0.15) is 11.4 Å². The van der Waals surface area contributed by atoms with Crippen LogP contribution < -0.4 is 4.90 Å². The van der Waals surface area contributed by atoms with Crippen molar-refractivity contribution in [3.63, 3.8) is 0 Å². The van der Waals surface area contributed by atoms with E-state index in [1.807, 2.05) is 6.92 Å². The highest BCUT2D eigenvalue weighted by atomic mass is 32.1. The molecule has 0 aromatic carbocycles. The normalized spacial score (nSPS) is 20.8. The fourth-order valence-electron chi connectivity index (χ4n) is 4.12. The molecule has 0 N–H and O–H groups in total. The van der Waals surface area contributed by atoms with Gasteiger partial charge in [0.2, 0.25) is 11.8 Å². The molecule has 0 bridgehead atoms. The maximum Gasteiger partial charge on any atom is 0.350 e. The lowest BCUT2D eigenvalue weighted by Crippen LogP contribution is -2.49. The minimum absolute atomic E-state index is 0.100. The van der Waals surface area contributed by atoms with E-state index in [2.05, 4.69) is 18.8 Å². The van der Waals surface area contributed by atoms with Crippen LogP contribution in [0.15, 0.2) is 6.07 Å². The molecule has 3 rings (SSSR count). The number of amides is 2. The van der Waals surface area contributed by atoms with Crippen LogP contribution in [0.1, 0.15) is 60.5 Å². The smallest absolute Gasteiger partial charge is 0.350 e. The van der Waals surface area contributed by atoms with E-state index in [-0.39, 0.29) is 24.3 Å². The first kappa shape index (κ1) is 24.3. The molecule has 1 aliphatic heterocycles. The van der Waals surface area contributed by atoms with Gasteiger partial charge in [0, 0.05) is 25.4 Å². The van der Waals surface area contributed by atoms with Crippen LogP contribution in [0.4, 0.5) is 5.69 Å². The Morgan fingerprint density at radius 2 is 1.91 bits per heavy atom. The first-order chi connectivity index (χ1) is 15.4. The van der Waals surface area contributed by atoms with Crippen molar-refractivity contribution >= 4 is 34.8 Å². The molecule has 2 fully saturated rings. The number of hydrogen-bond acceptors (Lipinski definition) is 6. The summed E-state index contributed by atoms with van der Waals surface area (Å²) < 4.78 is 10.3. The number of rotatable bonds is 5. The minimum Gasteiger partial charge on any atom is -0.465 e. The monoisotopic (exact) mass is 460 g/mol. The molecular weight excluding hydrogens is 428 g/mol. The molecule has 2 amide bonds. The van der Waals surface area contributed by atoms with Crippen LogP contribution in [-0.4, -0.2) is 62.6 Å². The third-order valence-corrected chi connectivity index (χ3v) is 7.07. The van der Waals surface area contributed by atoms with Crippen LogP contribution in [-0.2, 0) is 19.1 Å². The second-order valence-electron chi connectivity index (χ2n) is 8.35. The zero-order valence-corrected chi connectivity index (χ0v) is 20.0. The van der Waals surface area contributed by atoms with E-state index in [1.54, 1.807) is 11.0 Å². The van der Waals surface area contributed by atoms with Crippen molar-refractivity contribution < 1.29 is 23.9 Å². The Bertz CT molecular complexity index is 886. The van der Waals surface area contributed by atoms with Crippen molar-refractivity contribution in [3.05, 3.63) is 15.8 Å². The Hall–Kier alpha value is -2.37.